The standard InChI is InChI=1S/C28H30N6/c1-28(2)10-9-23-25(15-28)33-34-27(23)22-13-24(21-8-4-6-19(12-21)16-29-3)32-26(14-22)31-18-20-7-5-11-30-17-20/h4-8,11-14,16-17H,9-10,15,18H2,1-3H3,(H,31,32)(H,33,34). The van der Waals surface area contributed by atoms with Crippen molar-refractivity contribution in [2.75, 3.05) is 12.4 Å². The van der Waals surface area contributed by atoms with E-state index in [1.807, 2.05) is 30.6 Å². The highest BCUT2D eigenvalue weighted by Gasteiger charge is 2.29. The maximum Gasteiger partial charge on any atom is 0.127 e. The van der Waals surface area contributed by atoms with Gasteiger partial charge in [0.2, 0.25) is 0 Å². The normalized spacial score (nSPS) is 14.8. The number of anilines is 1. The molecule has 6 heteroatoms. The summed E-state index contributed by atoms with van der Waals surface area (Å²) in [6.07, 6.45) is 8.74. The Labute approximate surface area is 200 Å². The summed E-state index contributed by atoms with van der Waals surface area (Å²) in [7, 11) is 1.79. The molecule has 0 spiro atoms. The van der Waals surface area contributed by atoms with Gasteiger partial charge in [0.25, 0.3) is 0 Å². The Morgan fingerprint density at radius 1 is 1.12 bits per heavy atom. The van der Waals surface area contributed by atoms with Crippen molar-refractivity contribution < 1.29 is 0 Å². The number of nitrogens with one attached hydrogen (secondary N) is 2. The molecule has 2 N–H and O–H groups in total. The van der Waals surface area contributed by atoms with E-state index in [1.165, 1.54) is 11.3 Å². The van der Waals surface area contributed by atoms with Crippen LogP contribution in [0.5, 0.6) is 0 Å². The number of fused-ring (bicyclic) bond motifs is 1. The molecule has 4 aromatic rings. The number of benzene rings is 1. The highest BCUT2D eigenvalue weighted by Crippen LogP contribution is 2.38. The van der Waals surface area contributed by atoms with Crippen LogP contribution in [0.15, 0.2) is 65.9 Å². The van der Waals surface area contributed by atoms with Gasteiger partial charge in [-0.2, -0.15) is 5.10 Å². The van der Waals surface area contributed by atoms with Crippen LogP contribution >= 0.6 is 0 Å². The molecule has 0 amide bonds. The molecule has 172 valence electrons. The molecule has 0 aliphatic heterocycles. The lowest BCUT2D eigenvalue weighted by Gasteiger charge is -2.29. The molecule has 0 unspecified atom stereocenters. The first kappa shape index (κ1) is 22.0. The SMILES string of the molecule is CN=Cc1cccc(-c2cc(-c3n[nH]c4c3CCC(C)(C)C4)cc(NCc3cccnc3)n2)c1. The van der Waals surface area contributed by atoms with Gasteiger partial charge < -0.3 is 5.32 Å². The van der Waals surface area contributed by atoms with Crippen molar-refractivity contribution >= 4 is 12.0 Å². The summed E-state index contributed by atoms with van der Waals surface area (Å²) < 4.78 is 0. The van der Waals surface area contributed by atoms with Gasteiger partial charge in [-0.15, -0.1) is 0 Å². The van der Waals surface area contributed by atoms with Crippen molar-refractivity contribution in [3.8, 4) is 22.5 Å². The molecule has 0 atom stereocenters. The molecule has 1 aliphatic carbocycles. The van der Waals surface area contributed by atoms with E-state index >= 15 is 0 Å². The van der Waals surface area contributed by atoms with Crippen molar-refractivity contribution in [1.29, 1.82) is 0 Å². The van der Waals surface area contributed by atoms with Crippen LogP contribution in [0.3, 0.4) is 0 Å². The number of pyridine rings is 2. The quantitative estimate of drug-likeness (QED) is 0.369. The van der Waals surface area contributed by atoms with E-state index in [4.69, 9.17) is 10.1 Å². The van der Waals surface area contributed by atoms with E-state index in [9.17, 15) is 0 Å². The van der Waals surface area contributed by atoms with Crippen molar-refractivity contribution in [3.63, 3.8) is 0 Å². The van der Waals surface area contributed by atoms with Crippen molar-refractivity contribution in [2.24, 2.45) is 10.4 Å². The molecule has 0 radical (unpaired) electrons. The lowest BCUT2D eigenvalue weighted by Crippen LogP contribution is -2.21. The molecule has 3 aromatic heterocycles. The summed E-state index contributed by atoms with van der Waals surface area (Å²) >= 11 is 0. The van der Waals surface area contributed by atoms with Gasteiger partial charge in [0.15, 0.2) is 0 Å². The highest BCUT2D eigenvalue weighted by molar-refractivity contribution is 5.83. The number of hydrogen-bond donors (Lipinski definition) is 2. The van der Waals surface area contributed by atoms with Crippen molar-refractivity contribution in [1.82, 2.24) is 20.2 Å². The predicted molar refractivity (Wildman–Crippen MR) is 138 cm³/mol. The van der Waals surface area contributed by atoms with Crippen molar-refractivity contribution in [3.05, 3.63) is 83.3 Å². The second-order valence-corrected chi connectivity index (χ2v) is 9.72. The molecule has 0 fully saturated rings. The van der Waals surface area contributed by atoms with E-state index in [0.29, 0.717) is 12.0 Å². The van der Waals surface area contributed by atoms with Crippen LogP contribution in [0.4, 0.5) is 5.82 Å². The number of aromatic nitrogens is 4. The van der Waals surface area contributed by atoms with E-state index in [-0.39, 0.29) is 0 Å². The first-order chi connectivity index (χ1) is 16.5. The largest absolute Gasteiger partial charge is 0.366 e. The molecular weight excluding hydrogens is 420 g/mol. The number of aliphatic imine (C=N–C) groups is 1. The van der Waals surface area contributed by atoms with E-state index in [0.717, 1.165) is 58.7 Å². The summed E-state index contributed by atoms with van der Waals surface area (Å²) in [5.74, 6) is 0.818. The van der Waals surface area contributed by atoms with Crippen molar-refractivity contribution in [2.45, 2.75) is 39.7 Å². The Bertz CT molecular complexity index is 1320. The minimum Gasteiger partial charge on any atom is -0.366 e. The molecule has 3 heterocycles. The Morgan fingerprint density at radius 2 is 2.03 bits per heavy atom. The Kier molecular flexibility index (Phi) is 5.97. The van der Waals surface area contributed by atoms with Gasteiger partial charge >= 0.3 is 0 Å². The fourth-order valence-corrected chi connectivity index (χ4v) is 4.61. The van der Waals surface area contributed by atoms with Gasteiger partial charge in [-0.25, -0.2) is 4.98 Å². The molecule has 0 saturated heterocycles. The fourth-order valence-electron chi connectivity index (χ4n) is 4.61. The number of aromatic amines is 1. The molecule has 1 aromatic carbocycles. The molecular formula is C28H30N6. The van der Waals surface area contributed by atoms with Crippen LogP contribution in [0.1, 0.15) is 42.7 Å². The minimum absolute atomic E-state index is 0.303. The Balaban J connectivity index is 1.55. The van der Waals surface area contributed by atoms with E-state index in [2.05, 4.69) is 64.6 Å². The smallest absolute Gasteiger partial charge is 0.127 e. The summed E-state index contributed by atoms with van der Waals surface area (Å²) in [6, 6.07) is 16.6. The minimum atomic E-state index is 0.303. The third-order valence-corrected chi connectivity index (χ3v) is 6.42. The topological polar surface area (TPSA) is 78.9 Å². The maximum atomic E-state index is 4.95. The predicted octanol–water partition coefficient (Wildman–Crippen LogP) is 5.71. The second-order valence-electron chi connectivity index (χ2n) is 9.72. The van der Waals surface area contributed by atoms with E-state index in [1.54, 1.807) is 13.2 Å². The summed E-state index contributed by atoms with van der Waals surface area (Å²) in [5.41, 5.74) is 9.12. The molecule has 34 heavy (non-hydrogen) atoms. The molecule has 1 aliphatic rings. The first-order valence-electron chi connectivity index (χ1n) is 11.7. The van der Waals surface area contributed by atoms with Crippen LogP contribution in [-0.2, 0) is 19.4 Å². The zero-order chi connectivity index (χ0) is 23.5. The first-order valence-corrected chi connectivity index (χ1v) is 11.7. The van der Waals surface area contributed by atoms with E-state index < -0.39 is 0 Å². The fraction of sp³-hybridized carbons (Fsp3) is 0.286. The second kappa shape index (κ2) is 9.21. The number of H-pyrrole nitrogens is 1. The Hall–Kier alpha value is -3.80. The van der Waals surface area contributed by atoms with Gasteiger partial charge in [0.05, 0.1) is 11.4 Å². The number of rotatable bonds is 6. The molecule has 5 rings (SSSR count). The average molecular weight is 451 g/mol. The van der Waals surface area contributed by atoms with Gasteiger partial charge in [-0.3, -0.25) is 15.1 Å². The van der Waals surface area contributed by atoms with Crippen LogP contribution in [0.2, 0.25) is 0 Å². The molecule has 0 bridgehead atoms. The lowest BCUT2D eigenvalue weighted by atomic mass is 9.76. The Morgan fingerprint density at radius 3 is 2.85 bits per heavy atom. The monoisotopic (exact) mass is 450 g/mol. The summed E-state index contributed by atoms with van der Waals surface area (Å²) in [4.78, 5) is 13.3. The number of hydrogen-bond acceptors (Lipinski definition) is 5. The molecule has 6 nitrogen and oxygen atoms in total. The van der Waals surface area contributed by atoms with Gasteiger partial charge in [-0.1, -0.05) is 38.1 Å². The summed E-state index contributed by atoms with van der Waals surface area (Å²) in [6.45, 7) is 5.31. The molecule has 0 saturated carbocycles. The zero-order valence-corrected chi connectivity index (χ0v) is 20.0. The highest BCUT2D eigenvalue weighted by atomic mass is 15.1. The summed E-state index contributed by atoms with van der Waals surface area (Å²) in [5, 5.41) is 11.6. The zero-order valence-electron chi connectivity index (χ0n) is 20.0. The van der Waals surface area contributed by atoms with Crippen LogP contribution < -0.4 is 5.32 Å². The van der Waals surface area contributed by atoms with Gasteiger partial charge in [0.1, 0.15) is 5.82 Å². The van der Waals surface area contributed by atoms with Crippen LogP contribution in [-0.4, -0.2) is 33.4 Å². The van der Waals surface area contributed by atoms with Crippen LogP contribution in [0.25, 0.3) is 22.5 Å². The number of nitrogens with zero attached hydrogens (tertiary/aromatic N) is 4. The lowest BCUT2D eigenvalue weighted by molar-refractivity contribution is 0.312. The average Bonchev–Trinajstić information content (AvgIpc) is 3.25. The third kappa shape index (κ3) is 4.76. The third-order valence-electron chi connectivity index (χ3n) is 6.42. The van der Waals surface area contributed by atoms with Gasteiger partial charge in [0, 0.05) is 54.6 Å². The van der Waals surface area contributed by atoms with Gasteiger partial charge in [-0.05, 0) is 60.1 Å². The maximum absolute atomic E-state index is 4.95. The van der Waals surface area contributed by atoms with Crippen LogP contribution in [0, 0.1) is 5.41 Å².